The molecule has 0 N–H and O–H groups in total. The molecule has 6 nitrogen and oxygen atoms in total. The second kappa shape index (κ2) is 9.98. The number of carbonyl (C=O) groups is 1. The molecule has 0 aliphatic carbocycles. The van der Waals surface area contributed by atoms with Crippen molar-refractivity contribution in [2.75, 3.05) is 45.9 Å². The molecule has 0 bridgehead atoms. The summed E-state index contributed by atoms with van der Waals surface area (Å²) >= 11 is 5.86. The summed E-state index contributed by atoms with van der Waals surface area (Å²) in [6, 6.07) is 16.3. The van der Waals surface area contributed by atoms with Gasteiger partial charge in [0.2, 0.25) is 0 Å². The van der Waals surface area contributed by atoms with E-state index in [1.807, 2.05) is 12.1 Å². The summed E-state index contributed by atoms with van der Waals surface area (Å²) in [7, 11) is 0. The van der Waals surface area contributed by atoms with Crippen LogP contribution in [0.15, 0.2) is 48.5 Å². The van der Waals surface area contributed by atoms with Crippen LogP contribution in [-0.2, 0) is 4.79 Å². The van der Waals surface area contributed by atoms with Gasteiger partial charge in [-0.15, -0.1) is 0 Å². The number of hydrogen-bond donors (Lipinski definition) is 0. The third kappa shape index (κ3) is 5.62. The number of nitriles is 1. The third-order valence-corrected chi connectivity index (χ3v) is 4.83. The van der Waals surface area contributed by atoms with Crippen molar-refractivity contribution in [1.82, 2.24) is 9.80 Å². The van der Waals surface area contributed by atoms with Crippen LogP contribution in [0.2, 0.25) is 5.02 Å². The van der Waals surface area contributed by atoms with Crippen LogP contribution in [0.4, 0.5) is 0 Å². The van der Waals surface area contributed by atoms with Crippen LogP contribution in [0.1, 0.15) is 5.56 Å². The molecule has 0 atom stereocenters. The van der Waals surface area contributed by atoms with E-state index in [2.05, 4.69) is 11.0 Å². The van der Waals surface area contributed by atoms with Crippen molar-refractivity contribution in [2.45, 2.75) is 0 Å². The van der Waals surface area contributed by atoms with Gasteiger partial charge in [0, 0.05) is 37.7 Å². The van der Waals surface area contributed by atoms with E-state index in [9.17, 15) is 4.79 Å². The fourth-order valence-corrected chi connectivity index (χ4v) is 3.09. The molecule has 1 fully saturated rings. The van der Waals surface area contributed by atoms with Gasteiger partial charge in [-0.25, -0.2) is 0 Å². The number of halogens is 1. The zero-order chi connectivity index (χ0) is 19.8. The minimum Gasteiger partial charge on any atom is -0.492 e. The molecule has 2 aromatic rings. The van der Waals surface area contributed by atoms with Gasteiger partial charge in [-0.05, 0) is 36.4 Å². The molecule has 28 heavy (non-hydrogen) atoms. The third-order valence-electron chi connectivity index (χ3n) is 4.57. The average Bonchev–Trinajstić information content (AvgIpc) is 2.74. The average molecular weight is 400 g/mol. The van der Waals surface area contributed by atoms with Crippen molar-refractivity contribution in [3.63, 3.8) is 0 Å². The number of para-hydroxylation sites is 1. The number of carbonyl (C=O) groups excluding carboxylic acids is 1. The highest BCUT2D eigenvalue weighted by Crippen LogP contribution is 2.17. The van der Waals surface area contributed by atoms with Gasteiger partial charge in [-0.2, -0.15) is 5.26 Å². The molecule has 1 saturated heterocycles. The standard InChI is InChI=1S/C21H22ClN3O3/c22-18-5-7-19(8-6-18)27-14-13-24-9-11-25(12-10-24)21(26)16-28-20-4-2-1-3-17(20)15-23/h1-8H,9-14,16H2. The number of rotatable bonds is 7. The summed E-state index contributed by atoms with van der Waals surface area (Å²) in [5.41, 5.74) is 0.431. The summed E-state index contributed by atoms with van der Waals surface area (Å²) < 4.78 is 11.3. The lowest BCUT2D eigenvalue weighted by Crippen LogP contribution is -2.50. The van der Waals surface area contributed by atoms with E-state index in [-0.39, 0.29) is 12.5 Å². The predicted molar refractivity (Wildman–Crippen MR) is 107 cm³/mol. The molecule has 3 rings (SSSR count). The van der Waals surface area contributed by atoms with E-state index in [0.717, 1.165) is 25.4 Å². The van der Waals surface area contributed by atoms with E-state index < -0.39 is 0 Å². The quantitative estimate of drug-likeness (QED) is 0.716. The molecule has 0 saturated carbocycles. The highest BCUT2D eigenvalue weighted by Gasteiger charge is 2.21. The highest BCUT2D eigenvalue weighted by molar-refractivity contribution is 6.30. The Morgan fingerprint density at radius 3 is 2.46 bits per heavy atom. The molecule has 0 unspecified atom stereocenters. The molecule has 2 aromatic carbocycles. The minimum absolute atomic E-state index is 0.0572. The zero-order valence-corrected chi connectivity index (χ0v) is 16.3. The number of benzene rings is 2. The largest absolute Gasteiger partial charge is 0.492 e. The Morgan fingerprint density at radius 2 is 1.75 bits per heavy atom. The molecule has 1 amide bonds. The lowest BCUT2D eigenvalue weighted by Gasteiger charge is -2.34. The Morgan fingerprint density at radius 1 is 1.04 bits per heavy atom. The van der Waals surface area contributed by atoms with Crippen LogP contribution < -0.4 is 9.47 Å². The van der Waals surface area contributed by atoms with Gasteiger partial charge in [0.25, 0.3) is 5.91 Å². The van der Waals surface area contributed by atoms with Crippen LogP contribution in [0.3, 0.4) is 0 Å². The Hall–Kier alpha value is -2.75. The molecule has 0 aromatic heterocycles. The Kier molecular flexibility index (Phi) is 7.12. The van der Waals surface area contributed by atoms with Gasteiger partial charge in [0.15, 0.2) is 6.61 Å². The summed E-state index contributed by atoms with van der Waals surface area (Å²) in [4.78, 5) is 16.4. The predicted octanol–water partition coefficient (Wildman–Crippen LogP) is 2.81. The number of ether oxygens (including phenoxy) is 2. The fraction of sp³-hybridized carbons (Fsp3) is 0.333. The summed E-state index contributed by atoms with van der Waals surface area (Å²) in [5.74, 6) is 1.18. The zero-order valence-electron chi connectivity index (χ0n) is 15.5. The second-order valence-corrected chi connectivity index (χ2v) is 6.86. The molecule has 1 aliphatic rings. The Bertz CT molecular complexity index is 828. The van der Waals surface area contributed by atoms with Gasteiger partial charge < -0.3 is 14.4 Å². The van der Waals surface area contributed by atoms with Crippen molar-refractivity contribution in [3.05, 3.63) is 59.1 Å². The molecule has 0 radical (unpaired) electrons. The maximum Gasteiger partial charge on any atom is 0.260 e. The monoisotopic (exact) mass is 399 g/mol. The van der Waals surface area contributed by atoms with Crippen molar-refractivity contribution in [3.8, 4) is 17.6 Å². The normalized spacial score (nSPS) is 14.4. The van der Waals surface area contributed by atoms with Gasteiger partial charge in [-0.1, -0.05) is 23.7 Å². The molecule has 1 heterocycles. The van der Waals surface area contributed by atoms with E-state index in [0.29, 0.717) is 36.0 Å². The first-order chi connectivity index (χ1) is 13.7. The molecule has 1 aliphatic heterocycles. The smallest absolute Gasteiger partial charge is 0.260 e. The van der Waals surface area contributed by atoms with Gasteiger partial charge in [0.05, 0.1) is 5.56 Å². The van der Waals surface area contributed by atoms with E-state index >= 15 is 0 Å². The van der Waals surface area contributed by atoms with Crippen molar-refractivity contribution < 1.29 is 14.3 Å². The summed E-state index contributed by atoms with van der Waals surface area (Å²) in [6.45, 7) is 4.24. The van der Waals surface area contributed by atoms with Gasteiger partial charge in [-0.3, -0.25) is 9.69 Å². The number of amides is 1. The molecule has 7 heteroatoms. The topological polar surface area (TPSA) is 65.8 Å². The van der Waals surface area contributed by atoms with Crippen LogP contribution in [-0.4, -0.2) is 61.6 Å². The Balaban J connectivity index is 1.37. The van der Waals surface area contributed by atoms with E-state index in [4.69, 9.17) is 26.3 Å². The van der Waals surface area contributed by atoms with Crippen LogP contribution in [0, 0.1) is 11.3 Å². The summed E-state index contributed by atoms with van der Waals surface area (Å²) in [5, 5.41) is 9.76. The van der Waals surface area contributed by atoms with Crippen LogP contribution >= 0.6 is 11.6 Å². The van der Waals surface area contributed by atoms with Gasteiger partial charge >= 0.3 is 0 Å². The lowest BCUT2D eigenvalue weighted by molar-refractivity contribution is -0.135. The molecular formula is C21H22ClN3O3. The van der Waals surface area contributed by atoms with Gasteiger partial charge in [0.1, 0.15) is 24.2 Å². The van der Waals surface area contributed by atoms with Crippen LogP contribution in [0.5, 0.6) is 11.5 Å². The minimum atomic E-state index is -0.0650. The van der Waals surface area contributed by atoms with Crippen LogP contribution in [0.25, 0.3) is 0 Å². The molecular weight excluding hydrogens is 378 g/mol. The number of piperazine rings is 1. The first-order valence-electron chi connectivity index (χ1n) is 9.16. The number of nitrogens with zero attached hydrogens (tertiary/aromatic N) is 3. The maximum absolute atomic E-state index is 12.4. The van der Waals surface area contributed by atoms with E-state index in [1.54, 1.807) is 41.3 Å². The number of hydrogen-bond acceptors (Lipinski definition) is 5. The van der Waals surface area contributed by atoms with Crippen molar-refractivity contribution in [1.29, 1.82) is 5.26 Å². The maximum atomic E-state index is 12.4. The lowest BCUT2D eigenvalue weighted by atomic mass is 10.2. The summed E-state index contributed by atoms with van der Waals surface area (Å²) in [6.07, 6.45) is 0. The van der Waals surface area contributed by atoms with Crippen molar-refractivity contribution >= 4 is 17.5 Å². The molecule has 146 valence electrons. The Labute approximate surface area is 169 Å². The molecule has 0 spiro atoms. The fourth-order valence-electron chi connectivity index (χ4n) is 2.96. The highest BCUT2D eigenvalue weighted by atomic mass is 35.5. The van der Waals surface area contributed by atoms with Crippen molar-refractivity contribution in [2.24, 2.45) is 0 Å². The second-order valence-electron chi connectivity index (χ2n) is 6.42. The SMILES string of the molecule is N#Cc1ccccc1OCC(=O)N1CCN(CCOc2ccc(Cl)cc2)CC1. The first kappa shape index (κ1) is 20.0. The first-order valence-corrected chi connectivity index (χ1v) is 9.54. The van der Waals surface area contributed by atoms with E-state index in [1.165, 1.54) is 0 Å².